The molecule has 0 radical (unpaired) electrons. The molecule has 0 bridgehead atoms. The number of nitrogens with zero attached hydrogens (tertiary/aromatic N) is 1. The number of nitrogens with one attached hydrogen (secondary N) is 2. The third-order valence-corrected chi connectivity index (χ3v) is 6.25. The lowest BCUT2D eigenvalue weighted by Crippen LogP contribution is -2.44. The van der Waals surface area contributed by atoms with E-state index in [1.165, 1.54) is 0 Å². The predicted molar refractivity (Wildman–Crippen MR) is 108 cm³/mol. The van der Waals surface area contributed by atoms with Gasteiger partial charge in [0, 0.05) is 29.0 Å². The normalized spacial score (nSPS) is 20.2. The van der Waals surface area contributed by atoms with Gasteiger partial charge in [0.05, 0.1) is 10.3 Å². The Labute approximate surface area is 156 Å². The summed E-state index contributed by atoms with van der Waals surface area (Å²) < 4.78 is 0.894. The maximum absolute atomic E-state index is 11.9. The molecule has 26 heavy (non-hydrogen) atoms. The smallest absolute Gasteiger partial charge is 0.251 e. The first kappa shape index (κ1) is 17.0. The summed E-state index contributed by atoms with van der Waals surface area (Å²) in [7, 11) is 0. The highest BCUT2D eigenvalue weighted by Crippen LogP contribution is 2.38. The molecule has 4 N–H and O–H groups in total. The number of hydrogen-bond donors (Lipinski definition) is 3. The van der Waals surface area contributed by atoms with E-state index >= 15 is 0 Å². The number of carbonyl (C=O) groups excluding carboxylic acids is 1. The summed E-state index contributed by atoms with van der Waals surface area (Å²) in [6.45, 7) is 4.23. The summed E-state index contributed by atoms with van der Waals surface area (Å²) in [6.07, 6.45) is 2.73. The number of rotatable bonds is 4. The van der Waals surface area contributed by atoms with E-state index in [0.29, 0.717) is 17.5 Å². The summed E-state index contributed by atoms with van der Waals surface area (Å²) in [5, 5.41) is 7.98. The summed E-state index contributed by atoms with van der Waals surface area (Å²) in [5.41, 5.74) is 7.19. The zero-order chi connectivity index (χ0) is 18.1. The number of benzene rings is 1. The van der Waals surface area contributed by atoms with Crippen LogP contribution >= 0.6 is 11.3 Å². The van der Waals surface area contributed by atoms with Gasteiger partial charge in [-0.25, -0.2) is 4.98 Å². The number of nitrogens with two attached hydrogens (primary N) is 1. The molecule has 3 heterocycles. The number of piperidine rings is 1. The lowest BCUT2D eigenvalue weighted by atomic mass is 9.95. The fraction of sp³-hybridized carbons (Fsp3) is 0.300. The fourth-order valence-electron chi connectivity index (χ4n) is 3.42. The fourth-order valence-corrected chi connectivity index (χ4v) is 4.60. The van der Waals surface area contributed by atoms with E-state index in [4.69, 9.17) is 5.73 Å². The molecule has 1 aromatic carbocycles. The molecule has 0 spiro atoms. The van der Waals surface area contributed by atoms with Gasteiger partial charge in [-0.1, -0.05) is 37.3 Å². The number of anilines is 1. The number of fused-ring (bicyclic) bond motifs is 1. The van der Waals surface area contributed by atoms with E-state index in [1.54, 1.807) is 17.5 Å². The van der Waals surface area contributed by atoms with Crippen LogP contribution in [0.25, 0.3) is 20.5 Å². The van der Waals surface area contributed by atoms with E-state index in [2.05, 4.69) is 40.7 Å². The number of carbonyl (C=O) groups is 1. The van der Waals surface area contributed by atoms with Crippen molar-refractivity contribution in [3.63, 3.8) is 0 Å². The standard InChI is InChI=1S/C20H22N4OS/c1-12-7-8-22-11-16(12)24-20-14-9-17(13-5-3-2-4-6-13)26-18(14)15(10-23-20)19(21)25/h2-6,9-10,12,16,22H,7-8,11H2,1H3,(H2,21,25)(H,23,24). The molecular formula is C20H22N4OS. The zero-order valence-electron chi connectivity index (χ0n) is 14.7. The van der Waals surface area contributed by atoms with E-state index < -0.39 is 5.91 Å². The molecule has 1 aliphatic rings. The highest BCUT2D eigenvalue weighted by Gasteiger charge is 2.23. The maximum Gasteiger partial charge on any atom is 0.251 e. The maximum atomic E-state index is 11.9. The first-order valence-corrected chi connectivity index (χ1v) is 9.70. The van der Waals surface area contributed by atoms with Crippen molar-refractivity contribution in [2.24, 2.45) is 11.7 Å². The topological polar surface area (TPSA) is 80.0 Å². The number of aromatic nitrogens is 1. The third kappa shape index (κ3) is 3.18. The van der Waals surface area contributed by atoms with Crippen LogP contribution in [0.3, 0.4) is 0 Å². The number of amides is 1. The second kappa shape index (κ2) is 7.05. The van der Waals surface area contributed by atoms with Gasteiger partial charge in [0.2, 0.25) is 0 Å². The largest absolute Gasteiger partial charge is 0.366 e. The molecule has 0 aliphatic carbocycles. The summed E-state index contributed by atoms with van der Waals surface area (Å²) >= 11 is 1.59. The van der Waals surface area contributed by atoms with Crippen LogP contribution in [-0.4, -0.2) is 30.0 Å². The first-order valence-electron chi connectivity index (χ1n) is 8.88. The molecule has 2 unspecified atom stereocenters. The first-order chi connectivity index (χ1) is 12.6. The van der Waals surface area contributed by atoms with Crippen LogP contribution in [0.5, 0.6) is 0 Å². The summed E-state index contributed by atoms with van der Waals surface area (Å²) in [6, 6.07) is 12.6. The Morgan fingerprint density at radius 3 is 2.88 bits per heavy atom. The van der Waals surface area contributed by atoms with Gasteiger partial charge in [-0.3, -0.25) is 4.79 Å². The van der Waals surface area contributed by atoms with Crippen molar-refractivity contribution in [2.45, 2.75) is 19.4 Å². The summed E-state index contributed by atoms with van der Waals surface area (Å²) in [5.74, 6) is 0.948. The molecule has 6 heteroatoms. The molecule has 0 saturated carbocycles. The van der Waals surface area contributed by atoms with Gasteiger partial charge in [0.15, 0.2) is 0 Å². The van der Waals surface area contributed by atoms with Crippen LogP contribution in [0.2, 0.25) is 0 Å². The molecule has 134 valence electrons. The average molecular weight is 366 g/mol. The zero-order valence-corrected chi connectivity index (χ0v) is 15.5. The Morgan fingerprint density at radius 1 is 1.35 bits per heavy atom. The Bertz CT molecular complexity index is 938. The van der Waals surface area contributed by atoms with Crippen molar-refractivity contribution < 1.29 is 4.79 Å². The summed E-state index contributed by atoms with van der Waals surface area (Å²) in [4.78, 5) is 17.5. The molecule has 1 amide bonds. The lowest BCUT2D eigenvalue weighted by Gasteiger charge is -2.30. The van der Waals surface area contributed by atoms with Gasteiger partial charge in [-0.2, -0.15) is 0 Å². The molecule has 1 aliphatic heterocycles. The third-order valence-electron chi connectivity index (χ3n) is 5.03. The number of hydrogen-bond acceptors (Lipinski definition) is 5. The quantitative estimate of drug-likeness (QED) is 0.660. The molecular weight excluding hydrogens is 344 g/mol. The van der Waals surface area contributed by atoms with Crippen LogP contribution in [0.4, 0.5) is 5.82 Å². The Kier molecular flexibility index (Phi) is 4.61. The molecule has 5 nitrogen and oxygen atoms in total. The number of thiophene rings is 1. The average Bonchev–Trinajstić information content (AvgIpc) is 3.10. The minimum absolute atomic E-state index is 0.318. The Morgan fingerprint density at radius 2 is 2.15 bits per heavy atom. The van der Waals surface area contributed by atoms with Gasteiger partial charge in [-0.05, 0) is 30.5 Å². The molecule has 2 atom stereocenters. The molecule has 1 saturated heterocycles. The second-order valence-electron chi connectivity index (χ2n) is 6.83. The van der Waals surface area contributed by atoms with E-state index in [0.717, 1.165) is 45.9 Å². The second-order valence-corrected chi connectivity index (χ2v) is 7.88. The van der Waals surface area contributed by atoms with Crippen molar-refractivity contribution in [2.75, 3.05) is 18.4 Å². The van der Waals surface area contributed by atoms with Crippen molar-refractivity contribution in [1.29, 1.82) is 0 Å². The molecule has 4 rings (SSSR count). The van der Waals surface area contributed by atoms with Crippen molar-refractivity contribution in [3.05, 3.63) is 48.2 Å². The van der Waals surface area contributed by atoms with Gasteiger partial charge in [0.25, 0.3) is 5.91 Å². The van der Waals surface area contributed by atoms with Crippen molar-refractivity contribution in [3.8, 4) is 10.4 Å². The monoisotopic (exact) mass is 366 g/mol. The predicted octanol–water partition coefficient (Wildman–Crippen LogP) is 3.47. The Balaban J connectivity index is 1.79. The minimum Gasteiger partial charge on any atom is -0.366 e. The van der Waals surface area contributed by atoms with Crippen molar-refractivity contribution in [1.82, 2.24) is 10.3 Å². The van der Waals surface area contributed by atoms with Crippen LogP contribution in [0.1, 0.15) is 23.7 Å². The Hall–Kier alpha value is -2.44. The van der Waals surface area contributed by atoms with E-state index in [-0.39, 0.29) is 0 Å². The van der Waals surface area contributed by atoms with Crippen LogP contribution in [-0.2, 0) is 0 Å². The van der Waals surface area contributed by atoms with Gasteiger partial charge in [-0.15, -0.1) is 11.3 Å². The van der Waals surface area contributed by atoms with Crippen molar-refractivity contribution >= 4 is 33.1 Å². The van der Waals surface area contributed by atoms with Crippen LogP contribution in [0.15, 0.2) is 42.6 Å². The highest BCUT2D eigenvalue weighted by atomic mass is 32.1. The van der Waals surface area contributed by atoms with Gasteiger partial charge in [0.1, 0.15) is 5.82 Å². The highest BCUT2D eigenvalue weighted by molar-refractivity contribution is 7.22. The van der Waals surface area contributed by atoms with E-state index in [9.17, 15) is 4.79 Å². The van der Waals surface area contributed by atoms with Gasteiger partial charge >= 0.3 is 0 Å². The SMILES string of the molecule is CC1CCNCC1Nc1ncc(C(N)=O)c2sc(-c3ccccc3)cc12. The van der Waals surface area contributed by atoms with Crippen LogP contribution in [0, 0.1) is 5.92 Å². The van der Waals surface area contributed by atoms with E-state index in [1.807, 2.05) is 18.2 Å². The molecule has 3 aromatic rings. The number of pyridine rings is 1. The minimum atomic E-state index is -0.441. The van der Waals surface area contributed by atoms with Gasteiger partial charge < -0.3 is 16.4 Å². The number of primary amides is 1. The molecule has 2 aromatic heterocycles. The van der Waals surface area contributed by atoms with Crippen LogP contribution < -0.4 is 16.4 Å². The molecule has 1 fully saturated rings. The lowest BCUT2D eigenvalue weighted by molar-refractivity contribution is 0.100.